The molecule has 1 fully saturated rings. The van der Waals surface area contributed by atoms with Crippen molar-refractivity contribution in [3.05, 3.63) is 17.3 Å². The summed E-state index contributed by atoms with van der Waals surface area (Å²) in [6.45, 7) is 14.3. The molecule has 0 N–H and O–H groups in total. The number of rotatable bonds is 1. The minimum absolute atomic E-state index is 0.127. The largest absolute Gasteiger partial charge is 0.648 e. The average Bonchev–Trinajstić information content (AvgIpc) is 2.84. The molecule has 0 aromatic heterocycles. The topological polar surface area (TPSA) is 44.9 Å². The summed E-state index contributed by atoms with van der Waals surface area (Å²) in [6.07, 6.45) is 1.82. The van der Waals surface area contributed by atoms with Gasteiger partial charge >= 0.3 is 0 Å². The van der Waals surface area contributed by atoms with Gasteiger partial charge in [-0.2, -0.15) is 0 Å². The Bertz CT molecular complexity index is 399. The van der Waals surface area contributed by atoms with Gasteiger partial charge in [-0.1, -0.05) is 47.6 Å². The number of hydrogen-bond acceptors (Lipinski definition) is 3. The zero-order valence-electron chi connectivity index (χ0n) is 12.9. The predicted octanol–water partition coefficient (Wildman–Crippen LogP) is 3.49. The summed E-state index contributed by atoms with van der Waals surface area (Å²) in [5, 5.41) is 4.59. The Labute approximate surface area is 116 Å². The van der Waals surface area contributed by atoms with E-state index in [2.05, 4.69) is 51.9 Å². The number of aliphatic imine (C=N–C) groups is 1. The van der Waals surface area contributed by atoms with Crippen LogP contribution in [0.2, 0.25) is 0 Å². The van der Waals surface area contributed by atoms with E-state index in [1.54, 1.807) is 0 Å². The average molecular weight is 265 g/mol. The van der Waals surface area contributed by atoms with Crippen LogP contribution < -0.4 is 0 Å². The Kier molecular flexibility index (Phi) is 3.54. The normalized spacial score (nSPS) is 29.8. The summed E-state index contributed by atoms with van der Waals surface area (Å²) >= 11 is 0. The lowest BCUT2D eigenvalue weighted by atomic mass is 9.88. The van der Waals surface area contributed by atoms with Gasteiger partial charge < -0.3 is 14.8 Å². The van der Waals surface area contributed by atoms with Crippen LogP contribution >= 0.6 is 0 Å². The highest BCUT2D eigenvalue weighted by Crippen LogP contribution is 2.35. The molecule has 2 rings (SSSR count). The first-order valence-corrected chi connectivity index (χ1v) is 6.92. The summed E-state index contributed by atoms with van der Waals surface area (Å²) in [7, 11) is 0. The van der Waals surface area contributed by atoms with Crippen LogP contribution in [-0.4, -0.2) is 31.2 Å². The Balaban J connectivity index is 2.01. The molecule has 4 heteroatoms. The lowest BCUT2D eigenvalue weighted by molar-refractivity contribution is 0.216. The van der Waals surface area contributed by atoms with E-state index >= 15 is 0 Å². The molecule has 2 aliphatic heterocycles. The molecule has 2 heterocycles. The summed E-state index contributed by atoms with van der Waals surface area (Å²) in [5.41, 5.74) is 0.254. The van der Waals surface area contributed by atoms with E-state index in [0.29, 0.717) is 25.0 Å². The van der Waals surface area contributed by atoms with Crippen molar-refractivity contribution in [2.75, 3.05) is 13.2 Å². The quantitative estimate of drug-likeness (QED) is 0.728. The van der Waals surface area contributed by atoms with Gasteiger partial charge in [-0.3, -0.25) is 0 Å². The second-order valence-corrected chi connectivity index (χ2v) is 7.46. The molecule has 4 nitrogen and oxygen atoms in total. The van der Waals surface area contributed by atoms with Crippen LogP contribution in [0.4, 0.5) is 0 Å². The van der Waals surface area contributed by atoms with Gasteiger partial charge in [0.25, 0.3) is 0 Å². The fourth-order valence-corrected chi connectivity index (χ4v) is 1.94. The molecule has 0 aliphatic carbocycles. The van der Waals surface area contributed by atoms with Gasteiger partial charge in [-0.15, -0.1) is 0 Å². The molecule has 0 spiro atoms. The number of ether oxygens (including phenoxy) is 2. The van der Waals surface area contributed by atoms with Gasteiger partial charge in [-0.25, -0.2) is 4.99 Å². The van der Waals surface area contributed by atoms with Crippen LogP contribution in [0.15, 0.2) is 17.0 Å². The van der Waals surface area contributed by atoms with Crippen LogP contribution in [0.5, 0.6) is 0 Å². The summed E-state index contributed by atoms with van der Waals surface area (Å²) in [6, 6.07) is 0.415. The van der Waals surface area contributed by atoms with Gasteiger partial charge in [-0.05, 0) is 10.8 Å². The molecular formula is C15H25N2O2-. The molecule has 0 bridgehead atoms. The Morgan fingerprint density at radius 1 is 1.05 bits per heavy atom. The van der Waals surface area contributed by atoms with Gasteiger partial charge in [0.05, 0.1) is 12.6 Å². The Morgan fingerprint density at radius 3 is 2.21 bits per heavy atom. The monoisotopic (exact) mass is 265 g/mol. The summed E-state index contributed by atoms with van der Waals surface area (Å²) < 4.78 is 11.2. The van der Waals surface area contributed by atoms with Gasteiger partial charge in [0.2, 0.25) is 5.90 Å². The maximum atomic E-state index is 5.61. The third kappa shape index (κ3) is 3.43. The first-order valence-electron chi connectivity index (χ1n) is 6.92. The minimum atomic E-state index is 0.127. The third-order valence-corrected chi connectivity index (χ3v) is 3.59. The van der Waals surface area contributed by atoms with Gasteiger partial charge in [0.1, 0.15) is 6.61 Å². The molecule has 108 valence electrons. The van der Waals surface area contributed by atoms with E-state index in [9.17, 15) is 0 Å². The molecule has 0 aromatic carbocycles. The van der Waals surface area contributed by atoms with E-state index < -0.39 is 0 Å². The van der Waals surface area contributed by atoms with Gasteiger partial charge in [0, 0.05) is 12.0 Å². The van der Waals surface area contributed by atoms with E-state index in [1.165, 1.54) is 0 Å². The van der Waals surface area contributed by atoms with Crippen molar-refractivity contribution in [3.8, 4) is 0 Å². The summed E-state index contributed by atoms with van der Waals surface area (Å²) in [4.78, 5) is 4.59. The zero-order valence-corrected chi connectivity index (χ0v) is 12.9. The molecule has 0 radical (unpaired) electrons. The van der Waals surface area contributed by atoms with Crippen molar-refractivity contribution in [2.24, 2.45) is 15.8 Å². The molecular weight excluding hydrogens is 240 g/mol. The van der Waals surface area contributed by atoms with E-state index in [1.807, 2.05) is 6.08 Å². The van der Waals surface area contributed by atoms with Crippen molar-refractivity contribution in [2.45, 2.75) is 53.6 Å². The predicted molar refractivity (Wildman–Crippen MR) is 77.3 cm³/mol. The van der Waals surface area contributed by atoms with Crippen molar-refractivity contribution in [1.82, 2.24) is 0 Å². The molecule has 0 saturated carbocycles. The molecule has 0 unspecified atom stereocenters. The lowest BCUT2D eigenvalue weighted by Crippen LogP contribution is -2.25. The standard InChI is InChI=1S/C15H25N2O2/c1-14(2,3)10-8-18-12(16-10)7-13-17-11(9-19-13)15(4,5)6/h7,10-11H,8-9H2,1-6H3/q-1/b12-7+/t10-,11-/m1/s1. The number of hydrogen-bond donors (Lipinski definition) is 0. The first kappa shape index (κ1) is 14.2. The maximum absolute atomic E-state index is 5.61. The molecule has 1 saturated heterocycles. The maximum Gasteiger partial charge on any atom is 0.210 e. The zero-order chi connectivity index (χ0) is 14.3. The highest BCUT2D eigenvalue weighted by Gasteiger charge is 2.30. The SMILES string of the molecule is CC(C)(C)[C@H]1COC(/C=C2\[N-][C@@H](C(C)(C)C)CO2)=N1. The smallest absolute Gasteiger partial charge is 0.210 e. The fraction of sp³-hybridized carbons (Fsp3) is 0.800. The number of nitrogens with zero attached hydrogens (tertiary/aromatic N) is 2. The Hall–Kier alpha value is -1.19. The molecule has 0 aromatic rings. The van der Waals surface area contributed by atoms with Crippen LogP contribution in [0.3, 0.4) is 0 Å². The first-order chi connectivity index (χ1) is 8.66. The minimum Gasteiger partial charge on any atom is -0.648 e. The second kappa shape index (κ2) is 4.73. The molecule has 2 aliphatic rings. The van der Waals surface area contributed by atoms with Crippen molar-refractivity contribution in [1.29, 1.82) is 0 Å². The van der Waals surface area contributed by atoms with Crippen LogP contribution in [0.25, 0.3) is 5.32 Å². The highest BCUT2D eigenvalue weighted by atomic mass is 16.5. The molecule has 19 heavy (non-hydrogen) atoms. The van der Waals surface area contributed by atoms with Crippen molar-refractivity contribution in [3.63, 3.8) is 0 Å². The van der Waals surface area contributed by atoms with Crippen molar-refractivity contribution < 1.29 is 9.47 Å². The van der Waals surface area contributed by atoms with Gasteiger partial charge in [0.15, 0.2) is 0 Å². The highest BCUT2D eigenvalue weighted by molar-refractivity contribution is 5.89. The van der Waals surface area contributed by atoms with Crippen LogP contribution in [0.1, 0.15) is 41.5 Å². The van der Waals surface area contributed by atoms with E-state index in [-0.39, 0.29) is 22.9 Å². The molecule has 0 amide bonds. The van der Waals surface area contributed by atoms with Crippen LogP contribution in [0, 0.1) is 10.8 Å². The lowest BCUT2D eigenvalue weighted by Gasteiger charge is -2.34. The van der Waals surface area contributed by atoms with E-state index in [4.69, 9.17) is 9.47 Å². The second-order valence-electron chi connectivity index (χ2n) is 7.46. The third-order valence-electron chi connectivity index (χ3n) is 3.59. The van der Waals surface area contributed by atoms with Crippen LogP contribution in [-0.2, 0) is 9.47 Å². The Morgan fingerprint density at radius 2 is 1.74 bits per heavy atom. The van der Waals surface area contributed by atoms with E-state index in [0.717, 1.165) is 0 Å². The van der Waals surface area contributed by atoms with Crippen molar-refractivity contribution >= 4 is 5.90 Å². The molecule has 2 atom stereocenters. The summed E-state index contributed by atoms with van der Waals surface area (Å²) in [5.74, 6) is 1.29. The fourth-order valence-electron chi connectivity index (χ4n) is 1.94.